The SMILES string of the molecule is CCCCCCCCCCC(CCC)(CCC)c1ccccc1. The summed E-state index contributed by atoms with van der Waals surface area (Å²) >= 11 is 0. The summed E-state index contributed by atoms with van der Waals surface area (Å²) in [6, 6.07) is 11.3. The lowest BCUT2D eigenvalue weighted by Crippen LogP contribution is -2.26. The van der Waals surface area contributed by atoms with Crippen LogP contribution in [0.4, 0.5) is 0 Å². The highest BCUT2D eigenvalue weighted by Gasteiger charge is 2.29. The molecule has 0 unspecified atom stereocenters. The van der Waals surface area contributed by atoms with Crippen molar-refractivity contribution in [2.45, 2.75) is 110 Å². The molecule has 0 bridgehead atoms. The fourth-order valence-corrected chi connectivity index (χ4v) is 4.15. The average molecular weight is 317 g/mol. The Hall–Kier alpha value is -0.780. The average Bonchev–Trinajstić information content (AvgIpc) is 2.58. The minimum Gasteiger partial charge on any atom is -0.0654 e. The third kappa shape index (κ3) is 7.55. The lowest BCUT2D eigenvalue weighted by atomic mass is 9.70. The molecule has 0 nitrogen and oxygen atoms in total. The Labute approximate surface area is 146 Å². The van der Waals surface area contributed by atoms with Crippen molar-refractivity contribution in [2.24, 2.45) is 0 Å². The van der Waals surface area contributed by atoms with Gasteiger partial charge in [0.05, 0.1) is 0 Å². The first-order chi connectivity index (χ1) is 11.3. The van der Waals surface area contributed by atoms with Crippen LogP contribution in [0.5, 0.6) is 0 Å². The van der Waals surface area contributed by atoms with Crippen molar-refractivity contribution in [3.8, 4) is 0 Å². The summed E-state index contributed by atoms with van der Waals surface area (Å²) in [6.45, 7) is 6.99. The molecule has 1 rings (SSSR count). The second-order valence-corrected chi connectivity index (χ2v) is 7.37. The van der Waals surface area contributed by atoms with E-state index in [9.17, 15) is 0 Å². The fourth-order valence-electron chi connectivity index (χ4n) is 4.15. The molecule has 23 heavy (non-hydrogen) atoms. The van der Waals surface area contributed by atoms with Crippen molar-refractivity contribution < 1.29 is 0 Å². The second-order valence-electron chi connectivity index (χ2n) is 7.37. The quantitative estimate of drug-likeness (QED) is 0.304. The van der Waals surface area contributed by atoms with Crippen LogP contribution >= 0.6 is 0 Å². The standard InChI is InChI=1S/C23H40/c1-4-7-8-9-10-11-12-16-21-23(19-5-2,20-6-3)22-17-14-13-15-18-22/h13-15,17-18H,4-12,16,19-21H2,1-3H3. The molecule has 0 aliphatic rings. The van der Waals surface area contributed by atoms with Crippen molar-refractivity contribution in [3.05, 3.63) is 35.9 Å². The van der Waals surface area contributed by atoms with Gasteiger partial charge >= 0.3 is 0 Å². The summed E-state index contributed by atoms with van der Waals surface area (Å²) in [7, 11) is 0. The minimum absolute atomic E-state index is 0.437. The van der Waals surface area contributed by atoms with Crippen LogP contribution in [0.1, 0.15) is 110 Å². The molecule has 132 valence electrons. The fraction of sp³-hybridized carbons (Fsp3) is 0.739. The Balaban J connectivity index is 2.47. The van der Waals surface area contributed by atoms with E-state index < -0.39 is 0 Å². The van der Waals surface area contributed by atoms with Crippen LogP contribution in [-0.4, -0.2) is 0 Å². The van der Waals surface area contributed by atoms with Crippen LogP contribution in [0.15, 0.2) is 30.3 Å². The molecule has 0 heterocycles. The third-order valence-corrected chi connectivity index (χ3v) is 5.35. The largest absolute Gasteiger partial charge is 0.0654 e. The smallest absolute Gasteiger partial charge is 0.00472 e. The van der Waals surface area contributed by atoms with Gasteiger partial charge in [-0.05, 0) is 30.2 Å². The van der Waals surface area contributed by atoms with E-state index in [4.69, 9.17) is 0 Å². The third-order valence-electron chi connectivity index (χ3n) is 5.35. The molecule has 0 heteroatoms. The van der Waals surface area contributed by atoms with Gasteiger partial charge in [0.2, 0.25) is 0 Å². The molecule has 0 aliphatic carbocycles. The molecule has 0 aromatic heterocycles. The van der Waals surface area contributed by atoms with Crippen molar-refractivity contribution >= 4 is 0 Å². The predicted molar refractivity (Wildman–Crippen MR) is 105 cm³/mol. The van der Waals surface area contributed by atoms with Gasteiger partial charge in [0.1, 0.15) is 0 Å². The van der Waals surface area contributed by atoms with Crippen LogP contribution in [0.3, 0.4) is 0 Å². The van der Waals surface area contributed by atoms with Gasteiger partial charge in [-0.1, -0.05) is 115 Å². The molecular weight excluding hydrogens is 276 g/mol. The highest BCUT2D eigenvalue weighted by Crippen LogP contribution is 2.39. The number of rotatable bonds is 14. The van der Waals surface area contributed by atoms with E-state index in [1.807, 2.05) is 0 Å². The van der Waals surface area contributed by atoms with Crippen LogP contribution < -0.4 is 0 Å². The second kappa shape index (κ2) is 12.6. The highest BCUT2D eigenvalue weighted by molar-refractivity contribution is 5.25. The molecular formula is C23H40. The summed E-state index contributed by atoms with van der Waals surface area (Å²) in [4.78, 5) is 0. The summed E-state index contributed by atoms with van der Waals surface area (Å²) < 4.78 is 0. The Morgan fingerprint density at radius 2 is 1.09 bits per heavy atom. The van der Waals surface area contributed by atoms with Crippen LogP contribution in [-0.2, 0) is 5.41 Å². The van der Waals surface area contributed by atoms with Gasteiger partial charge in [-0.3, -0.25) is 0 Å². The minimum atomic E-state index is 0.437. The van der Waals surface area contributed by atoms with E-state index in [0.717, 1.165) is 0 Å². The molecule has 0 spiro atoms. The molecule has 0 N–H and O–H groups in total. The van der Waals surface area contributed by atoms with Gasteiger partial charge < -0.3 is 0 Å². The molecule has 1 aromatic rings. The zero-order chi connectivity index (χ0) is 16.8. The zero-order valence-corrected chi connectivity index (χ0v) is 16.1. The van der Waals surface area contributed by atoms with Crippen LogP contribution in [0.2, 0.25) is 0 Å². The van der Waals surface area contributed by atoms with Crippen LogP contribution in [0.25, 0.3) is 0 Å². The summed E-state index contributed by atoms with van der Waals surface area (Å²) in [5.41, 5.74) is 2.03. The normalized spacial score (nSPS) is 11.8. The highest BCUT2D eigenvalue weighted by atomic mass is 14.3. The number of unbranched alkanes of at least 4 members (excludes halogenated alkanes) is 7. The summed E-state index contributed by atoms with van der Waals surface area (Å²) in [5.74, 6) is 0. The van der Waals surface area contributed by atoms with E-state index in [1.54, 1.807) is 5.56 Å². The molecule has 0 aliphatic heterocycles. The first-order valence-corrected chi connectivity index (χ1v) is 10.3. The molecule has 0 saturated carbocycles. The lowest BCUT2D eigenvalue weighted by Gasteiger charge is -2.34. The van der Waals surface area contributed by atoms with E-state index in [-0.39, 0.29) is 0 Å². The van der Waals surface area contributed by atoms with E-state index in [2.05, 4.69) is 51.1 Å². The molecule has 0 atom stereocenters. The van der Waals surface area contributed by atoms with Gasteiger partial charge in [-0.25, -0.2) is 0 Å². The maximum Gasteiger partial charge on any atom is -0.00472 e. The maximum absolute atomic E-state index is 2.37. The Morgan fingerprint density at radius 3 is 1.61 bits per heavy atom. The van der Waals surface area contributed by atoms with Crippen molar-refractivity contribution in [1.29, 1.82) is 0 Å². The molecule has 0 radical (unpaired) electrons. The summed E-state index contributed by atoms with van der Waals surface area (Å²) in [6.07, 6.45) is 18.0. The van der Waals surface area contributed by atoms with Crippen molar-refractivity contribution in [2.75, 3.05) is 0 Å². The van der Waals surface area contributed by atoms with Gasteiger partial charge in [0, 0.05) is 0 Å². The Bertz CT molecular complexity index is 359. The molecule has 0 amide bonds. The van der Waals surface area contributed by atoms with Gasteiger partial charge in [0.25, 0.3) is 0 Å². The van der Waals surface area contributed by atoms with Gasteiger partial charge in [0.15, 0.2) is 0 Å². The number of hydrogen-bond acceptors (Lipinski definition) is 0. The monoisotopic (exact) mass is 316 g/mol. The Morgan fingerprint density at radius 1 is 0.565 bits per heavy atom. The predicted octanol–water partition coefficient (Wildman–Crippen LogP) is 8.06. The van der Waals surface area contributed by atoms with Gasteiger partial charge in [-0.2, -0.15) is 0 Å². The number of hydrogen-bond donors (Lipinski definition) is 0. The molecule has 0 fully saturated rings. The Kier molecular flexibility index (Phi) is 11.1. The van der Waals surface area contributed by atoms with Crippen LogP contribution in [0, 0.1) is 0 Å². The first kappa shape index (κ1) is 20.3. The van der Waals surface area contributed by atoms with E-state index >= 15 is 0 Å². The molecule has 0 saturated heterocycles. The maximum atomic E-state index is 2.37. The number of benzene rings is 1. The van der Waals surface area contributed by atoms with Crippen molar-refractivity contribution in [3.63, 3.8) is 0 Å². The topological polar surface area (TPSA) is 0 Å². The van der Waals surface area contributed by atoms with E-state index in [1.165, 1.54) is 83.5 Å². The zero-order valence-electron chi connectivity index (χ0n) is 16.1. The van der Waals surface area contributed by atoms with Crippen molar-refractivity contribution in [1.82, 2.24) is 0 Å². The first-order valence-electron chi connectivity index (χ1n) is 10.3. The van der Waals surface area contributed by atoms with Gasteiger partial charge in [-0.15, -0.1) is 0 Å². The van der Waals surface area contributed by atoms with E-state index in [0.29, 0.717) is 5.41 Å². The molecule has 1 aromatic carbocycles. The summed E-state index contributed by atoms with van der Waals surface area (Å²) in [5, 5.41) is 0. The lowest BCUT2D eigenvalue weighted by molar-refractivity contribution is 0.316.